The summed E-state index contributed by atoms with van der Waals surface area (Å²) in [5.41, 5.74) is -0.574. The molecule has 1 saturated heterocycles. The number of nitrogens with zero attached hydrogens (tertiary/aromatic N) is 1. The summed E-state index contributed by atoms with van der Waals surface area (Å²) in [6, 6.07) is 9.63. The molecular weight excluding hydrogens is 439 g/mol. The summed E-state index contributed by atoms with van der Waals surface area (Å²) in [5, 5.41) is 11.1. The molecule has 6 nitrogen and oxygen atoms in total. The predicted octanol–water partition coefficient (Wildman–Crippen LogP) is 4.56. The smallest absolute Gasteiger partial charge is 0.416 e. The third-order valence-electron chi connectivity index (χ3n) is 5.28. The summed E-state index contributed by atoms with van der Waals surface area (Å²) in [4.78, 5) is 27.1. The number of amides is 1. The van der Waals surface area contributed by atoms with E-state index in [4.69, 9.17) is 9.47 Å². The van der Waals surface area contributed by atoms with Crippen molar-refractivity contribution in [2.24, 2.45) is 0 Å². The van der Waals surface area contributed by atoms with Gasteiger partial charge in [-0.05, 0) is 43.2 Å². The van der Waals surface area contributed by atoms with Gasteiger partial charge in [0.1, 0.15) is 11.5 Å². The SMILES string of the molecule is CCOc1ccccc1C(O)=C1C(=O)C(=O)N(CCCOC)C1c1ccc(C(F)(F)F)cc1. The van der Waals surface area contributed by atoms with E-state index < -0.39 is 35.2 Å². The second-order valence-corrected chi connectivity index (χ2v) is 7.39. The number of alkyl halides is 3. The lowest BCUT2D eigenvalue weighted by molar-refractivity contribution is -0.140. The molecule has 1 atom stereocenters. The number of para-hydroxylation sites is 1. The summed E-state index contributed by atoms with van der Waals surface area (Å²) >= 11 is 0. The second-order valence-electron chi connectivity index (χ2n) is 7.39. The molecule has 1 N–H and O–H groups in total. The quantitative estimate of drug-likeness (QED) is 0.269. The van der Waals surface area contributed by atoms with Crippen LogP contribution in [0.5, 0.6) is 5.75 Å². The van der Waals surface area contributed by atoms with Crippen molar-refractivity contribution in [3.63, 3.8) is 0 Å². The summed E-state index contributed by atoms with van der Waals surface area (Å²) in [5.74, 6) is -1.89. The first-order valence-corrected chi connectivity index (χ1v) is 10.4. The highest BCUT2D eigenvalue weighted by Gasteiger charge is 2.46. The first-order valence-electron chi connectivity index (χ1n) is 10.4. The van der Waals surface area contributed by atoms with Gasteiger partial charge in [0.15, 0.2) is 0 Å². The third-order valence-corrected chi connectivity index (χ3v) is 5.28. The number of halogens is 3. The Bertz CT molecular complexity index is 1050. The van der Waals surface area contributed by atoms with Gasteiger partial charge in [-0.3, -0.25) is 9.59 Å². The van der Waals surface area contributed by atoms with Crippen LogP contribution >= 0.6 is 0 Å². The van der Waals surface area contributed by atoms with Crippen molar-refractivity contribution in [2.75, 3.05) is 26.9 Å². The zero-order valence-electron chi connectivity index (χ0n) is 18.2. The minimum Gasteiger partial charge on any atom is -0.507 e. The monoisotopic (exact) mass is 463 g/mol. The van der Waals surface area contributed by atoms with E-state index in [1.165, 1.54) is 24.1 Å². The molecule has 1 heterocycles. The third kappa shape index (κ3) is 5.03. The van der Waals surface area contributed by atoms with Crippen LogP contribution in [0.4, 0.5) is 13.2 Å². The van der Waals surface area contributed by atoms with Gasteiger partial charge >= 0.3 is 6.18 Å². The maximum atomic E-state index is 13.1. The molecule has 1 amide bonds. The largest absolute Gasteiger partial charge is 0.507 e. The number of hydrogen-bond donors (Lipinski definition) is 1. The summed E-state index contributed by atoms with van der Waals surface area (Å²) in [7, 11) is 1.49. The molecule has 0 saturated carbocycles. The zero-order valence-corrected chi connectivity index (χ0v) is 18.2. The Morgan fingerprint density at radius 3 is 2.36 bits per heavy atom. The number of ether oxygens (including phenoxy) is 2. The number of ketones is 1. The van der Waals surface area contributed by atoms with E-state index in [2.05, 4.69) is 0 Å². The van der Waals surface area contributed by atoms with Crippen LogP contribution in [-0.2, 0) is 20.5 Å². The van der Waals surface area contributed by atoms with Crippen molar-refractivity contribution in [3.8, 4) is 5.75 Å². The molecule has 0 aliphatic carbocycles. The fourth-order valence-corrected chi connectivity index (χ4v) is 3.78. The number of likely N-dealkylation sites (tertiary alicyclic amines) is 1. The molecular formula is C24H24F3NO5. The van der Waals surface area contributed by atoms with E-state index in [9.17, 15) is 27.9 Å². The van der Waals surface area contributed by atoms with E-state index in [1.54, 1.807) is 31.2 Å². The molecule has 0 spiro atoms. The van der Waals surface area contributed by atoms with Gasteiger partial charge in [0.2, 0.25) is 0 Å². The Balaban J connectivity index is 2.15. The normalized spacial score (nSPS) is 18.1. The zero-order chi connectivity index (χ0) is 24.2. The van der Waals surface area contributed by atoms with Crippen molar-refractivity contribution < 1.29 is 37.3 Å². The fourth-order valence-electron chi connectivity index (χ4n) is 3.78. The highest BCUT2D eigenvalue weighted by atomic mass is 19.4. The molecule has 0 bridgehead atoms. The molecule has 1 fully saturated rings. The molecule has 33 heavy (non-hydrogen) atoms. The van der Waals surface area contributed by atoms with Crippen LogP contribution in [-0.4, -0.2) is 48.6 Å². The maximum Gasteiger partial charge on any atom is 0.416 e. The van der Waals surface area contributed by atoms with Crippen LogP contribution < -0.4 is 4.74 Å². The van der Waals surface area contributed by atoms with Crippen LogP contribution in [0.2, 0.25) is 0 Å². The maximum absolute atomic E-state index is 13.1. The number of methoxy groups -OCH3 is 1. The van der Waals surface area contributed by atoms with E-state index in [1.807, 2.05) is 0 Å². The minimum atomic E-state index is -4.53. The standard InChI is InChI=1S/C24H24F3NO5/c1-3-33-18-8-5-4-7-17(18)21(29)19-20(15-9-11-16(12-10-15)24(25,26)27)28(13-6-14-32-2)23(31)22(19)30/h4-5,7-12,20,29H,3,6,13-14H2,1-2H3. The lowest BCUT2D eigenvalue weighted by Crippen LogP contribution is -2.31. The van der Waals surface area contributed by atoms with Gasteiger partial charge in [0, 0.05) is 20.3 Å². The first kappa shape index (κ1) is 24.3. The van der Waals surface area contributed by atoms with Crippen LogP contribution in [0.3, 0.4) is 0 Å². The Morgan fingerprint density at radius 2 is 1.76 bits per heavy atom. The number of rotatable bonds is 8. The van der Waals surface area contributed by atoms with Gasteiger partial charge in [-0.2, -0.15) is 13.2 Å². The van der Waals surface area contributed by atoms with Crippen LogP contribution in [0.1, 0.15) is 36.1 Å². The van der Waals surface area contributed by atoms with Crippen molar-refractivity contribution in [3.05, 3.63) is 70.8 Å². The number of benzene rings is 2. The number of aliphatic hydroxyl groups is 1. The molecule has 3 rings (SSSR count). The fraction of sp³-hybridized carbons (Fsp3) is 0.333. The van der Waals surface area contributed by atoms with Gasteiger partial charge in [-0.1, -0.05) is 24.3 Å². The summed E-state index contributed by atoms with van der Waals surface area (Å²) in [6.07, 6.45) is -4.13. The molecule has 0 radical (unpaired) electrons. The van der Waals surface area contributed by atoms with Crippen LogP contribution in [0.25, 0.3) is 5.76 Å². The Kier molecular flexibility index (Phi) is 7.43. The van der Waals surface area contributed by atoms with Crippen LogP contribution in [0, 0.1) is 0 Å². The topological polar surface area (TPSA) is 76.1 Å². The van der Waals surface area contributed by atoms with Gasteiger partial charge in [0.25, 0.3) is 11.7 Å². The van der Waals surface area contributed by atoms with Gasteiger partial charge in [-0.25, -0.2) is 0 Å². The second kappa shape index (κ2) is 10.1. The Morgan fingerprint density at radius 1 is 1.09 bits per heavy atom. The Hall–Kier alpha value is -3.33. The predicted molar refractivity (Wildman–Crippen MR) is 115 cm³/mol. The van der Waals surface area contributed by atoms with Crippen molar-refractivity contribution in [1.29, 1.82) is 0 Å². The molecule has 9 heteroatoms. The number of carbonyl (C=O) groups excluding carboxylic acids is 2. The van der Waals surface area contributed by atoms with Crippen molar-refractivity contribution in [2.45, 2.75) is 25.6 Å². The molecule has 0 aromatic heterocycles. The molecule has 2 aromatic carbocycles. The number of carbonyl (C=O) groups is 2. The molecule has 1 aliphatic rings. The van der Waals surface area contributed by atoms with Crippen molar-refractivity contribution in [1.82, 2.24) is 4.90 Å². The highest BCUT2D eigenvalue weighted by molar-refractivity contribution is 6.46. The average molecular weight is 463 g/mol. The lowest BCUT2D eigenvalue weighted by atomic mass is 9.94. The van der Waals surface area contributed by atoms with Gasteiger partial charge < -0.3 is 19.5 Å². The molecule has 2 aromatic rings. The molecule has 1 unspecified atom stereocenters. The van der Waals surface area contributed by atoms with Gasteiger partial charge in [-0.15, -0.1) is 0 Å². The molecule has 176 valence electrons. The van der Waals surface area contributed by atoms with Crippen LogP contribution in [0.15, 0.2) is 54.1 Å². The lowest BCUT2D eigenvalue weighted by Gasteiger charge is -2.25. The number of aliphatic hydroxyl groups excluding tert-OH is 1. The first-order chi connectivity index (χ1) is 15.7. The summed E-state index contributed by atoms with van der Waals surface area (Å²) < 4.78 is 49.7. The van der Waals surface area contributed by atoms with E-state index in [-0.39, 0.29) is 23.2 Å². The average Bonchev–Trinajstić information content (AvgIpc) is 3.04. The van der Waals surface area contributed by atoms with Crippen molar-refractivity contribution >= 4 is 17.4 Å². The summed E-state index contributed by atoms with van der Waals surface area (Å²) in [6.45, 7) is 2.50. The van der Waals surface area contributed by atoms with E-state index in [0.29, 0.717) is 25.4 Å². The Labute approximate surface area is 189 Å². The number of Topliss-reactive ketones (excluding diaryl/α,β-unsaturated/α-hetero) is 1. The van der Waals surface area contributed by atoms with E-state index >= 15 is 0 Å². The number of hydrogen-bond acceptors (Lipinski definition) is 5. The van der Waals surface area contributed by atoms with E-state index in [0.717, 1.165) is 12.1 Å². The van der Waals surface area contributed by atoms with Gasteiger partial charge in [0.05, 0.1) is 29.3 Å². The molecule has 1 aliphatic heterocycles. The minimum absolute atomic E-state index is 0.119. The highest BCUT2D eigenvalue weighted by Crippen LogP contribution is 2.41.